The maximum atomic E-state index is 12.3. The number of nitrogen functional groups attached to an aromatic ring is 1. The molecular weight excluding hydrogens is 250 g/mol. The summed E-state index contributed by atoms with van der Waals surface area (Å²) in [7, 11) is 0. The Morgan fingerprint density at radius 3 is 2.75 bits per heavy atom. The molecule has 1 aromatic heterocycles. The van der Waals surface area contributed by atoms with Crippen molar-refractivity contribution in [2.24, 2.45) is 5.92 Å². The summed E-state index contributed by atoms with van der Waals surface area (Å²) in [6.45, 7) is 2.00. The molecule has 0 saturated heterocycles. The number of carbonyl (C=O) groups is 1. The quantitative estimate of drug-likeness (QED) is 0.820. The number of benzene rings is 1. The number of aromatic nitrogens is 1. The van der Waals surface area contributed by atoms with E-state index in [1.165, 1.54) is 11.1 Å². The summed E-state index contributed by atoms with van der Waals surface area (Å²) < 4.78 is 0. The Kier molecular flexibility index (Phi) is 3.14. The Balaban J connectivity index is 1.73. The van der Waals surface area contributed by atoms with E-state index >= 15 is 0 Å². The first-order valence-corrected chi connectivity index (χ1v) is 6.73. The van der Waals surface area contributed by atoms with Crippen LogP contribution in [0.3, 0.4) is 0 Å². The van der Waals surface area contributed by atoms with Crippen molar-refractivity contribution in [1.29, 1.82) is 0 Å². The van der Waals surface area contributed by atoms with Crippen LogP contribution >= 0.6 is 0 Å². The molecule has 1 aromatic carbocycles. The van der Waals surface area contributed by atoms with Crippen LogP contribution in [0.1, 0.15) is 16.7 Å². The van der Waals surface area contributed by atoms with E-state index in [2.05, 4.69) is 16.4 Å². The first-order valence-electron chi connectivity index (χ1n) is 6.73. The molecule has 4 heteroatoms. The zero-order valence-electron chi connectivity index (χ0n) is 11.4. The third kappa shape index (κ3) is 2.37. The highest BCUT2D eigenvalue weighted by atomic mass is 16.1. The molecule has 1 heterocycles. The minimum Gasteiger partial charge on any atom is -0.399 e. The molecule has 1 amide bonds. The van der Waals surface area contributed by atoms with Crippen molar-refractivity contribution < 1.29 is 4.79 Å². The minimum atomic E-state index is -0.0341. The predicted octanol–water partition coefficient (Wildman–Crippen LogP) is 2.33. The van der Waals surface area contributed by atoms with Gasteiger partial charge in [0, 0.05) is 17.8 Å². The van der Waals surface area contributed by atoms with E-state index in [9.17, 15) is 4.79 Å². The van der Waals surface area contributed by atoms with Crippen LogP contribution in [0.25, 0.3) is 0 Å². The lowest BCUT2D eigenvalue weighted by atomic mass is 10.1. The molecule has 4 nitrogen and oxygen atoms in total. The minimum absolute atomic E-state index is 0.0242. The standard InChI is InChI=1S/C16H17N3O/c1-10-6-11-7-13(8-12(11)9-14(10)17)16(20)19-15-4-2-3-5-18-15/h2-6,9,13H,7-8,17H2,1H3,(H,18,19,20). The second kappa shape index (κ2) is 4.96. The van der Waals surface area contributed by atoms with E-state index < -0.39 is 0 Å². The van der Waals surface area contributed by atoms with Gasteiger partial charge in [-0.25, -0.2) is 4.98 Å². The van der Waals surface area contributed by atoms with Gasteiger partial charge in [0.1, 0.15) is 5.82 Å². The lowest BCUT2D eigenvalue weighted by molar-refractivity contribution is -0.119. The van der Waals surface area contributed by atoms with Crippen LogP contribution in [0.2, 0.25) is 0 Å². The molecule has 1 atom stereocenters. The molecule has 3 rings (SSSR count). The average Bonchev–Trinajstić information content (AvgIpc) is 2.83. The van der Waals surface area contributed by atoms with Crippen LogP contribution in [0.15, 0.2) is 36.5 Å². The van der Waals surface area contributed by atoms with E-state index in [0.29, 0.717) is 5.82 Å². The lowest BCUT2D eigenvalue weighted by Gasteiger charge is -2.09. The summed E-state index contributed by atoms with van der Waals surface area (Å²) in [5, 5.41) is 2.87. The van der Waals surface area contributed by atoms with E-state index in [1.54, 1.807) is 12.3 Å². The number of hydrogen-bond acceptors (Lipinski definition) is 3. The smallest absolute Gasteiger partial charge is 0.229 e. The van der Waals surface area contributed by atoms with Gasteiger partial charge < -0.3 is 11.1 Å². The van der Waals surface area contributed by atoms with Gasteiger partial charge in [0.2, 0.25) is 5.91 Å². The zero-order chi connectivity index (χ0) is 14.1. The number of nitrogens with zero attached hydrogens (tertiary/aromatic N) is 1. The van der Waals surface area contributed by atoms with Crippen molar-refractivity contribution in [3.05, 3.63) is 53.2 Å². The number of anilines is 2. The number of nitrogens with two attached hydrogens (primary N) is 1. The molecule has 1 aliphatic carbocycles. The van der Waals surface area contributed by atoms with Crippen molar-refractivity contribution in [3.63, 3.8) is 0 Å². The molecule has 1 aliphatic rings. The second-order valence-electron chi connectivity index (χ2n) is 5.29. The third-order valence-corrected chi connectivity index (χ3v) is 3.81. The molecule has 0 spiro atoms. The molecule has 102 valence electrons. The largest absolute Gasteiger partial charge is 0.399 e. The van der Waals surface area contributed by atoms with Crippen molar-refractivity contribution >= 4 is 17.4 Å². The number of hydrogen-bond donors (Lipinski definition) is 2. The summed E-state index contributed by atoms with van der Waals surface area (Å²) >= 11 is 0. The zero-order valence-corrected chi connectivity index (χ0v) is 11.4. The van der Waals surface area contributed by atoms with Gasteiger partial charge in [0.25, 0.3) is 0 Å². The van der Waals surface area contributed by atoms with Crippen LogP contribution in [0, 0.1) is 12.8 Å². The third-order valence-electron chi connectivity index (χ3n) is 3.81. The number of carbonyl (C=O) groups excluding carboxylic acids is 1. The molecule has 0 bridgehead atoms. The SMILES string of the molecule is Cc1cc2c(cc1N)CC(C(=O)Nc1ccccn1)C2. The van der Waals surface area contributed by atoms with Crippen molar-refractivity contribution in [2.45, 2.75) is 19.8 Å². The normalized spacial score (nSPS) is 16.8. The van der Waals surface area contributed by atoms with Gasteiger partial charge >= 0.3 is 0 Å². The highest BCUT2D eigenvalue weighted by Crippen LogP contribution is 2.30. The average molecular weight is 267 g/mol. The van der Waals surface area contributed by atoms with E-state index in [1.807, 2.05) is 25.1 Å². The molecule has 20 heavy (non-hydrogen) atoms. The fourth-order valence-corrected chi connectivity index (χ4v) is 2.67. The van der Waals surface area contributed by atoms with Gasteiger partial charge in [-0.15, -0.1) is 0 Å². The monoisotopic (exact) mass is 267 g/mol. The van der Waals surface area contributed by atoms with Crippen LogP contribution < -0.4 is 11.1 Å². The first kappa shape index (κ1) is 12.7. The highest BCUT2D eigenvalue weighted by molar-refractivity contribution is 5.92. The Bertz CT molecular complexity index is 621. The number of amides is 1. The number of pyridine rings is 1. The number of fused-ring (bicyclic) bond motifs is 1. The van der Waals surface area contributed by atoms with Gasteiger partial charge in [-0.3, -0.25) is 4.79 Å². The number of aryl methyl sites for hydroxylation is 1. The number of rotatable bonds is 2. The predicted molar refractivity (Wildman–Crippen MR) is 79.4 cm³/mol. The molecule has 0 radical (unpaired) electrons. The molecule has 0 fully saturated rings. The van der Waals surface area contributed by atoms with Gasteiger partial charge in [0.05, 0.1) is 0 Å². The van der Waals surface area contributed by atoms with Crippen LogP contribution in [0.5, 0.6) is 0 Å². The van der Waals surface area contributed by atoms with Gasteiger partial charge in [-0.1, -0.05) is 12.1 Å². The maximum absolute atomic E-state index is 12.3. The van der Waals surface area contributed by atoms with E-state index in [-0.39, 0.29) is 11.8 Å². The van der Waals surface area contributed by atoms with E-state index in [4.69, 9.17) is 5.73 Å². The fraction of sp³-hybridized carbons (Fsp3) is 0.250. The summed E-state index contributed by atoms with van der Waals surface area (Å²) in [6, 6.07) is 9.57. The Morgan fingerprint density at radius 1 is 1.30 bits per heavy atom. The second-order valence-corrected chi connectivity index (χ2v) is 5.29. The van der Waals surface area contributed by atoms with Crippen LogP contribution in [-0.2, 0) is 17.6 Å². The molecule has 3 N–H and O–H groups in total. The van der Waals surface area contributed by atoms with Crippen molar-refractivity contribution in [2.75, 3.05) is 11.1 Å². The first-order chi connectivity index (χ1) is 9.63. The molecule has 2 aromatic rings. The number of nitrogens with one attached hydrogen (secondary N) is 1. The maximum Gasteiger partial charge on any atom is 0.229 e. The van der Waals surface area contributed by atoms with E-state index in [0.717, 1.165) is 24.1 Å². The summed E-state index contributed by atoms with van der Waals surface area (Å²) in [4.78, 5) is 16.4. The molecule has 0 aliphatic heterocycles. The Labute approximate surface area is 118 Å². The molecule has 0 saturated carbocycles. The topological polar surface area (TPSA) is 68.0 Å². The van der Waals surface area contributed by atoms with Crippen LogP contribution in [-0.4, -0.2) is 10.9 Å². The van der Waals surface area contributed by atoms with Gasteiger partial charge in [-0.2, -0.15) is 0 Å². The Morgan fingerprint density at radius 2 is 2.05 bits per heavy atom. The molecular formula is C16H17N3O. The van der Waals surface area contributed by atoms with Gasteiger partial charge in [0.15, 0.2) is 0 Å². The highest BCUT2D eigenvalue weighted by Gasteiger charge is 2.28. The van der Waals surface area contributed by atoms with Crippen molar-refractivity contribution in [3.8, 4) is 0 Å². The van der Waals surface area contributed by atoms with Crippen molar-refractivity contribution in [1.82, 2.24) is 4.98 Å². The van der Waals surface area contributed by atoms with Gasteiger partial charge in [-0.05, 0) is 54.7 Å². The lowest BCUT2D eigenvalue weighted by Crippen LogP contribution is -2.23. The summed E-state index contributed by atoms with van der Waals surface area (Å²) in [5.74, 6) is 0.591. The molecule has 1 unspecified atom stereocenters. The fourth-order valence-electron chi connectivity index (χ4n) is 2.67. The summed E-state index contributed by atoms with van der Waals surface area (Å²) in [6.07, 6.45) is 3.19. The Hall–Kier alpha value is -2.36. The van der Waals surface area contributed by atoms with Crippen LogP contribution in [0.4, 0.5) is 11.5 Å². The summed E-state index contributed by atoms with van der Waals surface area (Å²) in [5.41, 5.74) is 10.2.